The molecule has 0 unspecified atom stereocenters. The van der Waals surface area contributed by atoms with Crippen molar-refractivity contribution >= 4 is 59.7 Å². The SMILES string of the molecule is O=C(O[C@@H]1O[C@@H]2COC(=O)c3cc(O)c(O)c(O)c3-c3c(cc(O)c(O)c3O)C(=O)O[C@H]2[C@H](OC(=O)c2cc(O)c(O)c(O)c2)[C@H]1OC(=O)c1cc(O)c(O)c(O)c1)c1cc(O)c(O)c(Oc2c(C(=O)O[C@@H]3O[C@@H]4COC(=O)c5cc(O)c(O)c(O)c5-c5c(cc(O)c(O)c5O)C(=O)O[C@H]4[C@H](OC(=O)c4cc(O)c(O)c(O)c4)[C@H]3OC(=O)c3cc(O)c(O)c(O)c3)cc(O)c(O)c2O)c1. The molecule has 0 spiro atoms. The van der Waals surface area contributed by atoms with Gasteiger partial charge in [-0.15, -0.1) is 0 Å². The molecule has 4 aliphatic rings. The minimum absolute atomic E-state index is 0.102. The molecule has 698 valence electrons. The maximum absolute atomic E-state index is 15.4. The highest BCUT2D eigenvalue weighted by molar-refractivity contribution is 6.11. The number of ether oxygens (including phenoxy) is 13. The number of carbonyl (C=O) groups excluding carboxylic acids is 10. The van der Waals surface area contributed by atoms with Gasteiger partial charge in [-0.05, 0) is 84.9 Å². The number of carbonyl (C=O) groups is 10. The third-order valence-electron chi connectivity index (χ3n) is 20.4. The van der Waals surface area contributed by atoms with Crippen LogP contribution in [0.2, 0.25) is 0 Å². The highest BCUT2D eigenvalue weighted by Gasteiger charge is 2.58. The lowest BCUT2D eigenvalue weighted by Crippen LogP contribution is -2.63. The molecule has 0 aromatic heterocycles. The third-order valence-corrected chi connectivity index (χ3v) is 20.4. The normalized spacial score (nSPS) is 19.1. The summed E-state index contributed by atoms with van der Waals surface area (Å²) in [6, 6.07) is 4.83. The Morgan fingerprint density at radius 2 is 0.485 bits per heavy atom. The van der Waals surface area contributed by atoms with E-state index in [-0.39, 0.29) is 30.3 Å². The van der Waals surface area contributed by atoms with E-state index in [4.69, 9.17) is 61.6 Å². The topological polar surface area (TPSA) is 877 Å². The smallest absolute Gasteiger partial charge is 0.344 e. The third kappa shape index (κ3) is 16.2. The molecule has 0 saturated carbocycles. The Morgan fingerprint density at radius 1 is 0.246 bits per heavy atom. The Morgan fingerprint density at radius 3 is 0.791 bits per heavy atom. The number of fused-ring (bicyclic) bond motifs is 8. The van der Waals surface area contributed by atoms with Gasteiger partial charge in [-0.2, -0.15) is 0 Å². The van der Waals surface area contributed by atoms with E-state index in [2.05, 4.69) is 0 Å². The van der Waals surface area contributed by atoms with E-state index in [0.29, 0.717) is 60.7 Å². The van der Waals surface area contributed by atoms with E-state index >= 15 is 14.4 Å². The van der Waals surface area contributed by atoms with E-state index in [9.17, 15) is 182 Å². The van der Waals surface area contributed by atoms with Crippen molar-refractivity contribution in [1.29, 1.82) is 0 Å². The van der Waals surface area contributed by atoms with Crippen LogP contribution in [0.3, 0.4) is 0 Å². The molecule has 52 nitrogen and oxygen atoms in total. The molecule has 2 saturated heterocycles. The van der Waals surface area contributed by atoms with E-state index in [1.165, 1.54) is 0 Å². The number of rotatable bonds is 14. The van der Waals surface area contributed by atoms with Crippen molar-refractivity contribution in [2.24, 2.45) is 0 Å². The zero-order chi connectivity index (χ0) is 97.7. The maximum atomic E-state index is 15.4. The molecule has 0 amide bonds. The standard InChI is InChI=1S/C82H58O52/c83-28-1-18(2-29(84)49(28)97)71(112)129-67-65-43(16-122-76(117)23-11-37(92)54(102)59(107)45(23)47-25(78(119)127-65)13-39(94)56(104)61(47)109)125-81(69(67)131-73(114)20-5-32(87)51(99)33(88)6-20)133-75(116)22-9-36(91)53(101)42(10-22)124-64-27(15-41(96)58(106)63(64)111)80(121)134-82-70(132-74(115)21-7-34(89)52(100)35(90)8-21)68(130-72(113)19-3-30(85)50(98)31(86)4-19)66-44(126-82)17-123-77(118)24-12-38(93)55(103)60(108)46(24)48-26(79(120)128-66)14-40(95)57(105)62(48)110/h1-15,43-44,65-70,81-111H,16-17H2/t43-,44-,65-,66-,67+,68+,69-,70-,81+,82+/m1/s1. The first-order valence-corrected chi connectivity index (χ1v) is 37.0. The van der Waals surface area contributed by atoms with Gasteiger partial charge in [-0.1, -0.05) is 0 Å². The first kappa shape index (κ1) is 91.0. The van der Waals surface area contributed by atoms with Gasteiger partial charge in [-0.25, -0.2) is 47.9 Å². The van der Waals surface area contributed by atoms with Crippen LogP contribution in [-0.2, 0) is 56.8 Å². The molecule has 4 aliphatic heterocycles. The van der Waals surface area contributed by atoms with Crippen LogP contribution in [0.5, 0.6) is 178 Å². The second-order valence-electron chi connectivity index (χ2n) is 28.7. The second-order valence-corrected chi connectivity index (χ2v) is 28.7. The molecular formula is C82H58O52. The van der Waals surface area contributed by atoms with Gasteiger partial charge in [0.1, 0.15) is 31.0 Å². The quantitative estimate of drug-likeness (QED) is 0.0419. The van der Waals surface area contributed by atoms with Crippen molar-refractivity contribution in [2.75, 3.05) is 13.2 Å². The van der Waals surface area contributed by atoms with Gasteiger partial charge in [-0.3, -0.25) is 0 Å². The van der Waals surface area contributed by atoms with Gasteiger partial charge in [0.05, 0.1) is 50.1 Å². The molecule has 52 heteroatoms. The number of aromatic hydroxyl groups is 29. The first-order chi connectivity index (χ1) is 63.0. The molecule has 10 aromatic rings. The fraction of sp³-hybridized carbons (Fsp3) is 0.146. The summed E-state index contributed by atoms with van der Waals surface area (Å²) >= 11 is 0. The van der Waals surface area contributed by atoms with Crippen molar-refractivity contribution in [1.82, 2.24) is 0 Å². The summed E-state index contributed by atoms with van der Waals surface area (Å²) in [5, 5.41) is 314. The van der Waals surface area contributed by atoms with Crippen LogP contribution >= 0.6 is 0 Å². The highest BCUT2D eigenvalue weighted by atomic mass is 16.8. The Bertz CT molecular complexity index is 6660. The van der Waals surface area contributed by atoms with Crippen molar-refractivity contribution in [2.45, 2.75) is 61.4 Å². The van der Waals surface area contributed by atoms with E-state index in [1.807, 2.05) is 0 Å². The molecule has 4 heterocycles. The molecular weight excluding hydrogens is 1820 g/mol. The van der Waals surface area contributed by atoms with Gasteiger partial charge in [0.2, 0.25) is 65.0 Å². The van der Waals surface area contributed by atoms with Crippen molar-refractivity contribution in [3.63, 3.8) is 0 Å². The second kappa shape index (κ2) is 34.2. The minimum atomic E-state index is -3.10. The van der Waals surface area contributed by atoms with Crippen LogP contribution < -0.4 is 4.74 Å². The van der Waals surface area contributed by atoms with Crippen LogP contribution in [-0.4, -0.2) is 282 Å². The zero-order valence-electron chi connectivity index (χ0n) is 65.7. The summed E-state index contributed by atoms with van der Waals surface area (Å²) in [4.78, 5) is 148. The molecule has 0 bridgehead atoms. The average Bonchev–Trinajstić information content (AvgIpc) is 0.992. The van der Waals surface area contributed by atoms with Gasteiger partial charge in [0.15, 0.2) is 162 Å². The van der Waals surface area contributed by atoms with Crippen molar-refractivity contribution < 1.29 is 258 Å². The maximum Gasteiger partial charge on any atom is 0.344 e. The summed E-state index contributed by atoms with van der Waals surface area (Å²) in [6.07, 6.45) is -28.6. The Balaban J connectivity index is 0.880. The summed E-state index contributed by atoms with van der Waals surface area (Å²) in [7, 11) is 0. The van der Waals surface area contributed by atoms with Crippen LogP contribution in [0.4, 0.5) is 0 Å². The van der Waals surface area contributed by atoms with Crippen molar-refractivity contribution in [3.05, 3.63) is 147 Å². The Hall–Kier alpha value is -19.2. The van der Waals surface area contributed by atoms with Crippen molar-refractivity contribution in [3.8, 4) is 200 Å². The summed E-state index contributed by atoms with van der Waals surface area (Å²) in [5.74, 6) is -65.2. The number of phenols is 29. The van der Waals surface area contributed by atoms with Gasteiger partial charge < -0.3 is 210 Å². The number of hydrogen-bond donors (Lipinski definition) is 29. The molecule has 134 heavy (non-hydrogen) atoms. The fourth-order valence-electron chi connectivity index (χ4n) is 13.9. The van der Waals surface area contributed by atoms with Crippen LogP contribution in [0.25, 0.3) is 22.3 Å². The number of esters is 10. The largest absolute Gasteiger partial charge is 0.504 e. The highest BCUT2D eigenvalue weighted by Crippen LogP contribution is 2.58. The van der Waals surface area contributed by atoms with E-state index in [1.54, 1.807) is 0 Å². The van der Waals surface area contributed by atoms with Crippen LogP contribution in [0, 0.1) is 0 Å². The molecule has 2 fully saturated rings. The molecule has 14 rings (SSSR count). The van der Waals surface area contributed by atoms with Gasteiger partial charge in [0.25, 0.3) is 0 Å². The predicted molar refractivity (Wildman–Crippen MR) is 415 cm³/mol. The summed E-state index contributed by atoms with van der Waals surface area (Å²) < 4.78 is 74.3. The van der Waals surface area contributed by atoms with Gasteiger partial charge in [0, 0.05) is 28.3 Å². The molecule has 0 aliphatic carbocycles. The van der Waals surface area contributed by atoms with E-state index in [0.717, 1.165) is 0 Å². The fourth-order valence-corrected chi connectivity index (χ4v) is 13.9. The predicted octanol–water partition coefficient (Wildman–Crippen LogP) is 3.73. The summed E-state index contributed by atoms with van der Waals surface area (Å²) in [5.41, 5.74) is -17.0. The lowest BCUT2D eigenvalue weighted by atomic mass is 9.92. The number of cyclic esters (lactones) is 2. The van der Waals surface area contributed by atoms with Crippen LogP contribution in [0.1, 0.15) is 104 Å². The lowest BCUT2D eigenvalue weighted by molar-refractivity contribution is -0.282. The number of phenolic OH excluding ortho intramolecular Hbond substituents is 29. The Kier molecular flexibility index (Phi) is 23.2. The molecule has 29 N–H and O–H groups in total. The lowest BCUT2D eigenvalue weighted by Gasteiger charge is -2.43. The number of benzene rings is 10. The first-order valence-electron chi connectivity index (χ1n) is 37.0. The number of hydrogen-bond acceptors (Lipinski definition) is 52. The summed E-state index contributed by atoms with van der Waals surface area (Å²) in [6.45, 7) is -3.14. The molecule has 10 atom stereocenters. The molecule has 10 aromatic carbocycles. The van der Waals surface area contributed by atoms with Crippen LogP contribution in [0.15, 0.2) is 91.0 Å². The van der Waals surface area contributed by atoms with E-state index < -0.39 is 390 Å². The monoisotopic (exact) mass is 1870 g/mol. The average molecular weight is 1880 g/mol. The minimum Gasteiger partial charge on any atom is -0.504 e. The molecule has 0 radical (unpaired) electrons. The Labute approximate surface area is 736 Å². The van der Waals surface area contributed by atoms with Gasteiger partial charge >= 0.3 is 59.7 Å². The zero-order valence-corrected chi connectivity index (χ0v) is 65.7.